The predicted molar refractivity (Wildman–Crippen MR) is 80.4 cm³/mol. The number of carbonyl (C=O) groups excluding carboxylic acids is 1. The molecule has 1 aromatic carbocycles. The van der Waals surface area contributed by atoms with Crippen molar-refractivity contribution in [3.8, 4) is 0 Å². The van der Waals surface area contributed by atoms with Gasteiger partial charge in [-0.05, 0) is 34.0 Å². The number of halogens is 1. The molecule has 6 heteroatoms. The van der Waals surface area contributed by atoms with Gasteiger partial charge in [-0.3, -0.25) is 14.8 Å². The van der Waals surface area contributed by atoms with Gasteiger partial charge in [-0.1, -0.05) is 13.8 Å². The summed E-state index contributed by atoms with van der Waals surface area (Å²) < 4.78 is 0.720. The number of aromatic nitrogens is 2. The fourth-order valence-electron chi connectivity index (χ4n) is 1.70. The summed E-state index contributed by atoms with van der Waals surface area (Å²) in [5, 5.41) is 12.4. The van der Waals surface area contributed by atoms with Gasteiger partial charge in [0.25, 0.3) is 5.91 Å². The van der Waals surface area contributed by atoms with E-state index in [0.29, 0.717) is 16.6 Å². The third-order valence-electron chi connectivity index (χ3n) is 3.03. The van der Waals surface area contributed by atoms with E-state index in [-0.39, 0.29) is 18.4 Å². The summed E-state index contributed by atoms with van der Waals surface area (Å²) in [6, 6.07) is 3.39. The van der Waals surface area contributed by atoms with Crippen LogP contribution in [0.3, 0.4) is 0 Å². The maximum absolute atomic E-state index is 12.1. The zero-order valence-electron chi connectivity index (χ0n) is 11.3. The van der Waals surface area contributed by atoms with E-state index in [0.717, 1.165) is 4.47 Å². The van der Waals surface area contributed by atoms with Crippen molar-refractivity contribution in [1.29, 1.82) is 0 Å². The first-order chi connectivity index (χ1) is 9.49. The van der Waals surface area contributed by atoms with E-state index in [1.165, 1.54) is 0 Å². The highest BCUT2D eigenvalue weighted by molar-refractivity contribution is 9.10. The quantitative estimate of drug-likeness (QED) is 0.896. The Morgan fingerprint density at radius 3 is 2.75 bits per heavy atom. The van der Waals surface area contributed by atoms with Gasteiger partial charge in [-0.2, -0.15) is 0 Å². The van der Waals surface area contributed by atoms with Gasteiger partial charge in [0.05, 0.1) is 11.6 Å². The van der Waals surface area contributed by atoms with Crippen molar-refractivity contribution in [3.05, 3.63) is 34.6 Å². The van der Waals surface area contributed by atoms with Gasteiger partial charge in [0.2, 0.25) is 0 Å². The molecule has 2 N–H and O–H groups in total. The molecule has 0 bridgehead atoms. The number of carbonyl (C=O) groups is 1. The molecule has 2 rings (SSSR count). The molecule has 5 nitrogen and oxygen atoms in total. The number of fused-ring (bicyclic) bond motifs is 1. The van der Waals surface area contributed by atoms with Gasteiger partial charge in [0.1, 0.15) is 5.52 Å². The molecule has 20 heavy (non-hydrogen) atoms. The number of amides is 1. The largest absolute Gasteiger partial charge is 0.391 e. The number of hydrogen-bond acceptors (Lipinski definition) is 4. The van der Waals surface area contributed by atoms with Crippen molar-refractivity contribution in [1.82, 2.24) is 15.3 Å². The smallest absolute Gasteiger partial charge is 0.251 e. The number of aliphatic hydroxyl groups is 1. The Morgan fingerprint density at radius 1 is 1.35 bits per heavy atom. The molecule has 1 heterocycles. The maximum atomic E-state index is 12.1. The number of aliphatic hydroxyl groups excluding tert-OH is 1. The number of nitrogens with one attached hydrogen (secondary N) is 1. The molecule has 0 aliphatic heterocycles. The molecule has 0 fully saturated rings. The van der Waals surface area contributed by atoms with Gasteiger partial charge >= 0.3 is 0 Å². The van der Waals surface area contributed by atoms with Crippen LogP contribution in [0.25, 0.3) is 11.0 Å². The monoisotopic (exact) mass is 337 g/mol. The van der Waals surface area contributed by atoms with Crippen molar-refractivity contribution in [2.75, 3.05) is 6.54 Å². The summed E-state index contributed by atoms with van der Waals surface area (Å²) in [6.07, 6.45) is 2.63. The summed E-state index contributed by atoms with van der Waals surface area (Å²) >= 11 is 3.39. The van der Waals surface area contributed by atoms with Crippen molar-refractivity contribution >= 4 is 32.9 Å². The molecule has 0 saturated carbocycles. The number of benzene rings is 1. The topological polar surface area (TPSA) is 75.1 Å². The number of nitrogens with zero attached hydrogens (tertiary/aromatic N) is 2. The van der Waals surface area contributed by atoms with Crippen LogP contribution < -0.4 is 5.32 Å². The fourth-order valence-corrected chi connectivity index (χ4v) is 2.25. The van der Waals surface area contributed by atoms with Crippen LogP contribution in [-0.2, 0) is 0 Å². The van der Waals surface area contributed by atoms with Gasteiger partial charge < -0.3 is 10.4 Å². The van der Waals surface area contributed by atoms with Crippen LogP contribution >= 0.6 is 15.9 Å². The molecule has 1 amide bonds. The molecule has 0 aliphatic rings. The second kappa shape index (κ2) is 6.28. The summed E-state index contributed by atoms with van der Waals surface area (Å²) in [7, 11) is 0. The average molecular weight is 338 g/mol. The first kappa shape index (κ1) is 14.9. The first-order valence-electron chi connectivity index (χ1n) is 6.35. The Bertz CT molecular complexity index is 631. The van der Waals surface area contributed by atoms with E-state index in [2.05, 4.69) is 31.2 Å². The van der Waals surface area contributed by atoms with E-state index in [4.69, 9.17) is 0 Å². The van der Waals surface area contributed by atoms with E-state index in [1.807, 2.05) is 13.8 Å². The van der Waals surface area contributed by atoms with Crippen LogP contribution in [0.15, 0.2) is 29.0 Å². The normalized spacial score (nSPS) is 12.7. The zero-order chi connectivity index (χ0) is 14.7. The Labute approximate surface area is 125 Å². The molecule has 106 valence electrons. The Balaban J connectivity index is 2.18. The Kier molecular flexibility index (Phi) is 4.67. The lowest BCUT2D eigenvalue weighted by atomic mass is 10.1. The van der Waals surface area contributed by atoms with Crippen LogP contribution in [-0.4, -0.2) is 33.6 Å². The first-order valence-corrected chi connectivity index (χ1v) is 7.15. The summed E-state index contributed by atoms with van der Waals surface area (Å²) in [5.74, 6) is -0.137. The lowest BCUT2D eigenvalue weighted by Gasteiger charge is -2.15. The lowest BCUT2D eigenvalue weighted by Crippen LogP contribution is -2.34. The summed E-state index contributed by atoms with van der Waals surface area (Å²) in [4.78, 5) is 20.5. The molecule has 1 unspecified atom stereocenters. The highest BCUT2D eigenvalue weighted by Gasteiger charge is 2.13. The van der Waals surface area contributed by atoms with Crippen molar-refractivity contribution in [2.45, 2.75) is 20.0 Å². The molecule has 1 aromatic heterocycles. The minimum Gasteiger partial charge on any atom is -0.391 e. The number of hydrogen-bond donors (Lipinski definition) is 2. The zero-order valence-corrected chi connectivity index (χ0v) is 12.9. The molecule has 1 atom stereocenters. The van der Waals surface area contributed by atoms with Gasteiger partial charge in [-0.25, -0.2) is 0 Å². The van der Waals surface area contributed by atoms with E-state index >= 15 is 0 Å². The third kappa shape index (κ3) is 3.32. The highest BCUT2D eigenvalue weighted by Crippen LogP contribution is 2.22. The fraction of sp³-hybridized carbons (Fsp3) is 0.357. The highest BCUT2D eigenvalue weighted by atomic mass is 79.9. The van der Waals surface area contributed by atoms with E-state index in [9.17, 15) is 9.90 Å². The molecule has 0 radical (unpaired) electrons. The summed E-state index contributed by atoms with van der Waals surface area (Å²) in [6.45, 7) is 4.03. The third-order valence-corrected chi connectivity index (χ3v) is 3.64. The number of rotatable bonds is 4. The average Bonchev–Trinajstić information content (AvgIpc) is 2.44. The second-order valence-corrected chi connectivity index (χ2v) is 5.76. The van der Waals surface area contributed by atoms with Crippen molar-refractivity contribution in [3.63, 3.8) is 0 Å². The second-order valence-electron chi connectivity index (χ2n) is 4.90. The van der Waals surface area contributed by atoms with Crippen molar-refractivity contribution in [2.24, 2.45) is 5.92 Å². The SMILES string of the molecule is CC(C)C(O)CNC(=O)c1cc(Br)c2nccnc2c1. The van der Waals surface area contributed by atoms with Crippen LogP contribution in [0.2, 0.25) is 0 Å². The minimum atomic E-state index is -0.553. The maximum Gasteiger partial charge on any atom is 0.251 e. The van der Waals surface area contributed by atoms with Gasteiger partial charge in [-0.15, -0.1) is 0 Å². The molecule has 0 saturated heterocycles. The van der Waals surface area contributed by atoms with Crippen LogP contribution in [0, 0.1) is 5.92 Å². The van der Waals surface area contributed by atoms with E-state index in [1.54, 1.807) is 24.5 Å². The molecule has 0 aliphatic carbocycles. The predicted octanol–water partition coefficient (Wildman–Crippen LogP) is 2.14. The van der Waals surface area contributed by atoms with Crippen LogP contribution in [0.1, 0.15) is 24.2 Å². The molecular weight excluding hydrogens is 322 g/mol. The minimum absolute atomic E-state index is 0.101. The lowest BCUT2D eigenvalue weighted by molar-refractivity contribution is 0.0871. The van der Waals surface area contributed by atoms with Crippen LogP contribution in [0.4, 0.5) is 0 Å². The standard InChI is InChI=1S/C14H16BrN3O2/c1-8(2)12(19)7-18-14(20)9-5-10(15)13-11(6-9)16-3-4-17-13/h3-6,8,12,19H,7H2,1-2H3,(H,18,20). The summed E-state index contributed by atoms with van der Waals surface area (Å²) in [5.41, 5.74) is 1.85. The Morgan fingerprint density at radius 2 is 2.05 bits per heavy atom. The Hall–Kier alpha value is -1.53. The molecular formula is C14H16BrN3O2. The molecule has 2 aromatic rings. The van der Waals surface area contributed by atoms with Gasteiger partial charge in [0, 0.05) is 29.0 Å². The van der Waals surface area contributed by atoms with Crippen LogP contribution in [0.5, 0.6) is 0 Å². The van der Waals surface area contributed by atoms with Gasteiger partial charge in [0.15, 0.2) is 0 Å². The van der Waals surface area contributed by atoms with E-state index < -0.39 is 6.10 Å². The van der Waals surface area contributed by atoms with Crippen molar-refractivity contribution < 1.29 is 9.90 Å². The molecule has 0 spiro atoms.